The van der Waals surface area contributed by atoms with Crippen molar-refractivity contribution in [1.82, 2.24) is 0 Å². The van der Waals surface area contributed by atoms with Crippen molar-refractivity contribution < 1.29 is 17.6 Å². The highest BCUT2D eigenvalue weighted by Crippen LogP contribution is 2.37. The Morgan fingerprint density at radius 3 is 1.70 bits per heavy atom. The molecule has 0 aliphatic rings. The Morgan fingerprint density at radius 1 is 0.889 bits per heavy atom. The minimum Gasteiger partial charge on any atom is -0.407 e. The molecular weight excluding hydrogens is 365 g/mol. The minimum atomic E-state index is -4.30. The van der Waals surface area contributed by atoms with E-state index in [1.807, 2.05) is 36.4 Å². The summed E-state index contributed by atoms with van der Waals surface area (Å²) in [4.78, 5) is 0. The summed E-state index contributed by atoms with van der Waals surface area (Å²) in [6.07, 6.45) is -2.82. The van der Waals surface area contributed by atoms with Gasteiger partial charge in [-0.1, -0.05) is 94.4 Å². The predicted octanol–water partition coefficient (Wildman–Crippen LogP) is 5.32. The summed E-state index contributed by atoms with van der Waals surface area (Å²) in [6, 6.07) is 20.2. The Hall–Kier alpha value is -1.85. The van der Waals surface area contributed by atoms with E-state index in [2.05, 4.69) is 45.0 Å². The molecule has 2 aromatic rings. The predicted molar refractivity (Wildman–Crippen MR) is 108 cm³/mol. The SMILES string of the molecule is CC(/C=C\C(F)(F)F)CO[Si](c1ccccc1)(c1ccccc1)C(C)(C)C. The van der Waals surface area contributed by atoms with Crippen LogP contribution in [0.2, 0.25) is 5.04 Å². The number of alkyl halides is 3. The minimum absolute atomic E-state index is 0.191. The van der Waals surface area contributed by atoms with Crippen molar-refractivity contribution in [2.45, 2.75) is 38.9 Å². The van der Waals surface area contributed by atoms with Gasteiger partial charge in [0.15, 0.2) is 0 Å². The van der Waals surface area contributed by atoms with E-state index >= 15 is 0 Å². The van der Waals surface area contributed by atoms with E-state index < -0.39 is 14.5 Å². The average Bonchev–Trinajstić information content (AvgIpc) is 2.60. The summed E-state index contributed by atoms with van der Waals surface area (Å²) in [6.45, 7) is 8.43. The van der Waals surface area contributed by atoms with E-state index in [4.69, 9.17) is 4.43 Å². The molecule has 0 aromatic heterocycles. The summed E-state index contributed by atoms with van der Waals surface area (Å²) >= 11 is 0. The second-order valence-electron chi connectivity index (χ2n) is 7.85. The van der Waals surface area contributed by atoms with Gasteiger partial charge in [-0.25, -0.2) is 0 Å². The van der Waals surface area contributed by atoms with Crippen molar-refractivity contribution >= 4 is 18.7 Å². The molecule has 0 spiro atoms. The Morgan fingerprint density at radius 2 is 1.33 bits per heavy atom. The highest BCUT2D eigenvalue weighted by molar-refractivity contribution is 6.99. The maximum Gasteiger partial charge on any atom is 0.409 e. The molecule has 0 aliphatic heterocycles. The first-order chi connectivity index (χ1) is 12.6. The molecule has 0 saturated heterocycles. The van der Waals surface area contributed by atoms with E-state index in [0.717, 1.165) is 10.4 Å². The normalized spacial score (nSPS) is 14.5. The highest BCUT2D eigenvalue weighted by Gasteiger charge is 2.50. The number of halogens is 3. The van der Waals surface area contributed by atoms with E-state index in [1.54, 1.807) is 6.92 Å². The molecule has 2 aromatic carbocycles. The van der Waals surface area contributed by atoms with Crippen LogP contribution < -0.4 is 10.4 Å². The third kappa shape index (κ3) is 5.33. The lowest BCUT2D eigenvalue weighted by Gasteiger charge is -2.43. The van der Waals surface area contributed by atoms with Crippen LogP contribution in [0.4, 0.5) is 13.2 Å². The number of allylic oxidation sites excluding steroid dienone is 1. The largest absolute Gasteiger partial charge is 0.409 e. The molecule has 2 rings (SSSR count). The summed E-state index contributed by atoms with van der Waals surface area (Å²) in [7, 11) is -2.70. The number of benzene rings is 2. The van der Waals surface area contributed by atoms with Crippen LogP contribution in [0.5, 0.6) is 0 Å². The van der Waals surface area contributed by atoms with Gasteiger partial charge in [-0.05, 0) is 21.3 Å². The van der Waals surface area contributed by atoms with Crippen molar-refractivity contribution in [2.75, 3.05) is 6.61 Å². The Bertz CT molecular complexity index is 694. The molecule has 1 unspecified atom stereocenters. The highest BCUT2D eigenvalue weighted by atomic mass is 28.4. The van der Waals surface area contributed by atoms with Gasteiger partial charge in [0.25, 0.3) is 8.32 Å². The van der Waals surface area contributed by atoms with Crippen LogP contribution >= 0.6 is 0 Å². The van der Waals surface area contributed by atoms with Gasteiger partial charge < -0.3 is 4.43 Å². The lowest BCUT2D eigenvalue weighted by atomic mass is 10.2. The topological polar surface area (TPSA) is 9.23 Å². The van der Waals surface area contributed by atoms with Gasteiger partial charge in [0, 0.05) is 12.7 Å². The lowest BCUT2D eigenvalue weighted by molar-refractivity contribution is -0.0802. The van der Waals surface area contributed by atoms with Gasteiger partial charge in [-0.2, -0.15) is 13.2 Å². The Labute approximate surface area is 161 Å². The smallest absolute Gasteiger partial charge is 0.407 e. The molecule has 5 heteroatoms. The maximum absolute atomic E-state index is 12.5. The molecule has 146 valence electrons. The van der Waals surface area contributed by atoms with Crippen LogP contribution in [0.1, 0.15) is 27.7 Å². The molecular formula is C22H27F3OSi. The fourth-order valence-electron chi connectivity index (χ4n) is 3.35. The lowest BCUT2D eigenvalue weighted by Crippen LogP contribution is -2.66. The second-order valence-corrected chi connectivity index (χ2v) is 12.2. The molecule has 1 atom stereocenters. The van der Waals surface area contributed by atoms with Crippen molar-refractivity contribution in [3.63, 3.8) is 0 Å². The standard InChI is InChI=1S/C22H27F3OSi/c1-18(15-16-22(23,24)25)17-26-27(21(2,3)4,19-11-7-5-8-12-19)20-13-9-6-10-14-20/h5-16,18H,17H2,1-4H3/b16-15-. The number of hydrogen-bond acceptors (Lipinski definition) is 1. The molecule has 0 amide bonds. The average molecular weight is 393 g/mol. The summed E-state index contributed by atoms with van der Waals surface area (Å²) in [5, 5.41) is 2.05. The third-order valence-electron chi connectivity index (χ3n) is 4.59. The quantitative estimate of drug-likeness (QED) is 0.478. The first-order valence-corrected chi connectivity index (χ1v) is 11.0. The fourth-order valence-corrected chi connectivity index (χ4v) is 8.02. The molecule has 0 N–H and O–H groups in total. The van der Waals surface area contributed by atoms with Crippen molar-refractivity contribution in [3.05, 3.63) is 72.8 Å². The molecule has 1 nitrogen and oxygen atoms in total. The molecule has 0 bridgehead atoms. The van der Waals surface area contributed by atoms with Gasteiger partial charge >= 0.3 is 6.18 Å². The molecule has 0 saturated carbocycles. The molecule has 27 heavy (non-hydrogen) atoms. The van der Waals surface area contributed by atoms with Crippen LogP contribution in [0, 0.1) is 5.92 Å². The molecule has 0 fully saturated rings. The molecule has 0 aliphatic carbocycles. The van der Waals surface area contributed by atoms with Crippen LogP contribution in [0.25, 0.3) is 0 Å². The zero-order valence-electron chi connectivity index (χ0n) is 16.3. The number of hydrogen-bond donors (Lipinski definition) is 0. The maximum atomic E-state index is 12.5. The monoisotopic (exact) mass is 392 g/mol. The van der Waals surface area contributed by atoms with Crippen LogP contribution in [-0.2, 0) is 4.43 Å². The first kappa shape index (κ1) is 21.4. The van der Waals surface area contributed by atoms with Crippen LogP contribution in [0.15, 0.2) is 72.8 Å². The first-order valence-electron chi connectivity index (χ1n) is 9.07. The third-order valence-corrected chi connectivity index (χ3v) is 9.60. The van der Waals surface area contributed by atoms with Gasteiger partial charge in [0.2, 0.25) is 0 Å². The van der Waals surface area contributed by atoms with Gasteiger partial charge in [0.1, 0.15) is 0 Å². The van der Waals surface area contributed by atoms with Crippen molar-refractivity contribution in [1.29, 1.82) is 0 Å². The second kappa shape index (κ2) is 8.44. The van der Waals surface area contributed by atoms with Crippen LogP contribution in [0.3, 0.4) is 0 Å². The van der Waals surface area contributed by atoms with Crippen molar-refractivity contribution in [3.8, 4) is 0 Å². The van der Waals surface area contributed by atoms with Gasteiger partial charge in [-0.3, -0.25) is 0 Å². The Balaban J connectivity index is 2.45. The Kier molecular flexibility index (Phi) is 6.71. The van der Waals surface area contributed by atoms with Gasteiger partial charge in [-0.15, -0.1) is 0 Å². The molecule has 0 heterocycles. The van der Waals surface area contributed by atoms with Crippen LogP contribution in [-0.4, -0.2) is 21.1 Å². The van der Waals surface area contributed by atoms with E-state index in [9.17, 15) is 13.2 Å². The van der Waals surface area contributed by atoms with E-state index in [-0.39, 0.29) is 17.6 Å². The fraction of sp³-hybridized carbons (Fsp3) is 0.364. The summed E-state index contributed by atoms with van der Waals surface area (Å²) < 4.78 is 44.1. The molecule has 0 radical (unpaired) electrons. The number of rotatable bonds is 6. The van der Waals surface area contributed by atoms with Gasteiger partial charge in [0.05, 0.1) is 0 Å². The van der Waals surface area contributed by atoms with E-state index in [1.165, 1.54) is 6.08 Å². The summed E-state index contributed by atoms with van der Waals surface area (Å²) in [5.41, 5.74) is 0. The zero-order chi connectivity index (χ0) is 20.1. The van der Waals surface area contributed by atoms with Crippen molar-refractivity contribution in [2.24, 2.45) is 5.92 Å². The summed E-state index contributed by atoms with van der Waals surface area (Å²) in [5.74, 6) is -0.340. The van der Waals surface area contributed by atoms with E-state index in [0.29, 0.717) is 6.08 Å². The zero-order valence-corrected chi connectivity index (χ0v) is 17.3.